The molecule has 0 unspecified atom stereocenters. The number of hydrogen-bond donors (Lipinski definition) is 0. The van der Waals surface area contributed by atoms with Gasteiger partial charge in [-0.25, -0.2) is 0 Å². The fourth-order valence-corrected chi connectivity index (χ4v) is 1.58. The van der Waals surface area contributed by atoms with E-state index in [0.29, 0.717) is 11.8 Å². The van der Waals surface area contributed by atoms with Crippen LogP contribution >= 0.6 is 0 Å². The SMILES string of the molecule is CCCCCC#CCC(=O)[Si](C)(C)C. The zero-order valence-corrected chi connectivity index (χ0v) is 10.9. The molecule has 14 heavy (non-hydrogen) atoms. The highest BCUT2D eigenvalue weighted by Crippen LogP contribution is 2.04. The van der Waals surface area contributed by atoms with Crippen LogP contribution in [0.1, 0.15) is 39.0 Å². The van der Waals surface area contributed by atoms with Crippen LogP contribution < -0.4 is 0 Å². The minimum atomic E-state index is -1.58. The molecule has 0 saturated heterocycles. The lowest BCUT2D eigenvalue weighted by atomic mass is 10.2. The summed E-state index contributed by atoms with van der Waals surface area (Å²) in [5.74, 6) is 6.06. The van der Waals surface area contributed by atoms with Crippen LogP contribution in [-0.4, -0.2) is 13.5 Å². The lowest BCUT2D eigenvalue weighted by molar-refractivity contribution is -0.111. The van der Waals surface area contributed by atoms with E-state index >= 15 is 0 Å². The maximum atomic E-state index is 11.5. The first-order chi connectivity index (χ1) is 6.48. The predicted molar refractivity (Wildman–Crippen MR) is 64.9 cm³/mol. The minimum absolute atomic E-state index is 0.375. The second kappa shape index (κ2) is 6.84. The maximum absolute atomic E-state index is 11.5. The van der Waals surface area contributed by atoms with Crippen molar-refractivity contribution < 1.29 is 4.79 Å². The van der Waals surface area contributed by atoms with Gasteiger partial charge in [0.15, 0.2) is 0 Å². The second-order valence-electron chi connectivity index (χ2n) is 4.66. The standard InChI is InChI=1S/C12H22OSi/c1-5-6-7-8-9-10-11-12(13)14(2,3)4/h5-8,11H2,1-4H3. The third-order valence-corrected chi connectivity index (χ3v) is 3.97. The van der Waals surface area contributed by atoms with Crippen molar-refractivity contribution in [2.24, 2.45) is 0 Å². The zero-order valence-electron chi connectivity index (χ0n) is 9.94. The van der Waals surface area contributed by atoms with Gasteiger partial charge in [-0.2, -0.15) is 0 Å². The molecule has 0 aromatic carbocycles. The predicted octanol–water partition coefficient (Wildman–Crippen LogP) is 3.41. The zero-order chi connectivity index (χ0) is 11.0. The number of rotatable bonds is 5. The Balaban J connectivity index is 3.66. The number of carbonyl (C=O) groups is 1. The van der Waals surface area contributed by atoms with Crippen molar-refractivity contribution in [3.63, 3.8) is 0 Å². The molecule has 0 radical (unpaired) electrons. The summed E-state index contributed by atoms with van der Waals surface area (Å²) in [6, 6.07) is 0. The summed E-state index contributed by atoms with van der Waals surface area (Å²) in [5.41, 5.74) is 0. The molecule has 2 heteroatoms. The van der Waals surface area contributed by atoms with E-state index < -0.39 is 8.07 Å². The van der Waals surface area contributed by atoms with E-state index in [1.165, 1.54) is 19.3 Å². The van der Waals surface area contributed by atoms with Crippen LogP contribution in [0.4, 0.5) is 0 Å². The second-order valence-corrected chi connectivity index (χ2v) is 9.72. The third kappa shape index (κ3) is 6.91. The van der Waals surface area contributed by atoms with Gasteiger partial charge in [0.05, 0.1) is 6.42 Å². The van der Waals surface area contributed by atoms with Gasteiger partial charge in [0, 0.05) is 6.42 Å². The van der Waals surface area contributed by atoms with Crippen LogP contribution in [0.25, 0.3) is 0 Å². The molecule has 0 rings (SSSR count). The third-order valence-electron chi connectivity index (χ3n) is 2.12. The monoisotopic (exact) mass is 210 g/mol. The van der Waals surface area contributed by atoms with Crippen LogP contribution in [-0.2, 0) is 4.79 Å². The first-order valence-electron chi connectivity index (χ1n) is 5.47. The van der Waals surface area contributed by atoms with Crippen LogP contribution in [0.5, 0.6) is 0 Å². The highest BCUT2D eigenvalue weighted by Gasteiger charge is 2.22. The molecule has 0 aliphatic heterocycles. The Labute approximate surface area is 89.3 Å². The maximum Gasteiger partial charge on any atom is 0.125 e. The Hall–Kier alpha value is -0.553. The molecular weight excluding hydrogens is 188 g/mol. The molecule has 0 spiro atoms. The smallest absolute Gasteiger partial charge is 0.125 e. The highest BCUT2D eigenvalue weighted by atomic mass is 28.3. The molecule has 0 aliphatic rings. The summed E-state index contributed by atoms with van der Waals surface area (Å²) < 4.78 is 0. The van der Waals surface area contributed by atoms with Gasteiger partial charge >= 0.3 is 0 Å². The van der Waals surface area contributed by atoms with Crippen molar-refractivity contribution in [2.75, 3.05) is 0 Å². The van der Waals surface area contributed by atoms with E-state index in [0.717, 1.165) is 6.42 Å². The summed E-state index contributed by atoms with van der Waals surface area (Å²) in [6.45, 7) is 8.42. The molecule has 0 heterocycles. The molecular formula is C12H22OSi. The Morgan fingerprint density at radius 2 is 1.79 bits per heavy atom. The Morgan fingerprint density at radius 3 is 2.29 bits per heavy atom. The van der Waals surface area contributed by atoms with Gasteiger partial charge in [0.1, 0.15) is 13.5 Å². The first-order valence-corrected chi connectivity index (χ1v) is 8.97. The van der Waals surface area contributed by atoms with Crippen LogP contribution in [0, 0.1) is 11.8 Å². The van der Waals surface area contributed by atoms with Gasteiger partial charge in [-0.15, -0.1) is 5.92 Å². The van der Waals surface area contributed by atoms with E-state index in [9.17, 15) is 4.79 Å². The molecule has 0 aliphatic carbocycles. The number of hydrogen-bond acceptors (Lipinski definition) is 1. The van der Waals surface area contributed by atoms with Gasteiger partial charge in [-0.3, -0.25) is 0 Å². The highest BCUT2D eigenvalue weighted by molar-refractivity contribution is 7.03. The van der Waals surface area contributed by atoms with E-state index in [-0.39, 0.29) is 0 Å². The molecule has 80 valence electrons. The van der Waals surface area contributed by atoms with Crippen LogP contribution in [0.3, 0.4) is 0 Å². The van der Waals surface area contributed by atoms with Gasteiger partial charge in [-0.05, 0) is 6.42 Å². The lowest BCUT2D eigenvalue weighted by Gasteiger charge is -2.10. The van der Waals surface area contributed by atoms with Crippen LogP contribution in [0.2, 0.25) is 19.6 Å². The molecule has 0 atom stereocenters. The molecule has 0 N–H and O–H groups in total. The molecule has 0 saturated carbocycles. The van der Waals surface area contributed by atoms with E-state index in [2.05, 4.69) is 38.4 Å². The van der Waals surface area contributed by atoms with Crippen molar-refractivity contribution in [3.05, 3.63) is 0 Å². The fraction of sp³-hybridized carbons (Fsp3) is 0.750. The normalized spacial score (nSPS) is 10.6. The lowest BCUT2D eigenvalue weighted by Crippen LogP contribution is -2.32. The van der Waals surface area contributed by atoms with Gasteiger partial charge in [0.25, 0.3) is 0 Å². The average Bonchev–Trinajstić information content (AvgIpc) is 2.09. The molecule has 0 aromatic rings. The Bertz CT molecular complexity index is 227. The largest absolute Gasteiger partial charge is 0.304 e. The summed E-state index contributed by atoms with van der Waals surface area (Å²) in [5, 5.41) is 0.375. The van der Waals surface area contributed by atoms with Crippen molar-refractivity contribution in [1.29, 1.82) is 0 Å². The summed E-state index contributed by atoms with van der Waals surface area (Å²) >= 11 is 0. The molecule has 1 nitrogen and oxygen atoms in total. The van der Waals surface area contributed by atoms with E-state index in [1.54, 1.807) is 0 Å². The summed E-state index contributed by atoms with van der Waals surface area (Å²) in [6.07, 6.45) is 5.07. The van der Waals surface area contributed by atoms with E-state index in [1.807, 2.05) is 0 Å². The van der Waals surface area contributed by atoms with Crippen molar-refractivity contribution >= 4 is 13.5 Å². The van der Waals surface area contributed by atoms with Crippen molar-refractivity contribution in [3.8, 4) is 11.8 Å². The topological polar surface area (TPSA) is 17.1 Å². The van der Waals surface area contributed by atoms with Gasteiger partial charge in [0.2, 0.25) is 0 Å². The Morgan fingerprint density at radius 1 is 1.14 bits per heavy atom. The van der Waals surface area contributed by atoms with Crippen LogP contribution in [0.15, 0.2) is 0 Å². The molecule has 0 fully saturated rings. The molecule has 0 amide bonds. The average molecular weight is 210 g/mol. The quantitative estimate of drug-likeness (QED) is 0.386. The minimum Gasteiger partial charge on any atom is -0.304 e. The first kappa shape index (κ1) is 13.4. The number of unbranched alkanes of at least 4 members (excludes halogenated alkanes) is 3. The van der Waals surface area contributed by atoms with Gasteiger partial charge < -0.3 is 4.79 Å². The molecule has 0 aromatic heterocycles. The summed E-state index contributed by atoms with van der Waals surface area (Å²) in [7, 11) is -1.58. The molecule has 0 bridgehead atoms. The van der Waals surface area contributed by atoms with E-state index in [4.69, 9.17) is 0 Å². The summed E-state index contributed by atoms with van der Waals surface area (Å²) in [4.78, 5) is 11.5. The van der Waals surface area contributed by atoms with Crippen molar-refractivity contribution in [1.82, 2.24) is 0 Å². The fourth-order valence-electron chi connectivity index (χ4n) is 0.960. The van der Waals surface area contributed by atoms with Crippen molar-refractivity contribution in [2.45, 2.75) is 58.7 Å². The van der Waals surface area contributed by atoms with Gasteiger partial charge in [-0.1, -0.05) is 45.3 Å². The number of carbonyl (C=O) groups excluding carboxylic acids is 1. The Kier molecular flexibility index (Phi) is 6.57.